The molecule has 1 saturated heterocycles. The molecule has 3 rings (SSSR count). The predicted octanol–water partition coefficient (Wildman–Crippen LogP) is 2.36. The molecular weight excluding hydrogens is 372 g/mol. The number of H-pyrrole nitrogens is 1. The summed E-state index contributed by atoms with van der Waals surface area (Å²) in [5.74, 6) is -1.20. The molecule has 1 aromatic carbocycles. The zero-order valence-corrected chi connectivity index (χ0v) is 16.5. The molecule has 2 heterocycles. The largest absolute Gasteiger partial charge is 0.355 e. The summed E-state index contributed by atoms with van der Waals surface area (Å²) in [6, 6.07) is 7.63. The number of benzene rings is 1. The number of nitriles is 1. The Morgan fingerprint density at radius 3 is 2.31 bits per heavy atom. The zero-order valence-electron chi connectivity index (χ0n) is 16.5. The highest BCUT2D eigenvalue weighted by Gasteiger charge is 2.49. The third kappa shape index (κ3) is 3.21. The minimum absolute atomic E-state index is 0.168. The highest BCUT2D eigenvalue weighted by Crippen LogP contribution is 2.29. The maximum atomic E-state index is 13.0. The van der Waals surface area contributed by atoms with Crippen LogP contribution in [-0.2, 0) is 10.3 Å². The molecule has 0 radical (unpaired) electrons. The molecule has 1 aliphatic heterocycles. The lowest BCUT2D eigenvalue weighted by Gasteiger charge is -2.22. The van der Waals surface area contributed by atoms with Crippen LogP contribution in [0.1, 0.15) is 57.1 Å². The van der Waals surface area contributed by atoms with Crippen molar-refractivity contribution in [2.75, 3.05) is 6.54 Å². The number of Topliss-reactive ketones (excluding diaryl/α,β-unsaturated/α-hetero) is 2. The van der Waals surface area contributed by atoms with Gasteiger partial charge in [-0.05, 0) is 51.0 Å². The average Bonchev–Trinajstić information content (AvgIpc) is 3.09. The van der Waals surface area contributed by atoms with Crippen molar-refractivity contribution >= 4 is 23.5 Å². The van der Waals surface area contributed by atoms with E-state index in [4.69, 9.17) is 5.26 Å². The van der Waals surface area contributed by atoms with Crippen LogP contribution in [0, 0.1) is 25.2 Å². The van der Waals surface area contributed by atoms with Gasteiger partial charge in [0.2, 0.25) is 0 Å². The summed E-state index contributed by atoms with van der Waals surface area (Å²) >= 11 is 0. The van der Waals surface area contributed by atoms with Gasteiger partial charge < -0.3 is 10.3 Å². The summed E-state index contributed by atoms with van der Waals surface area (Å²) in [5.41, 5.74) is 1.32. The van der Waals surface area contributed by atoms with E-state index in [2.05, 4.69) is 10.3 Å². The fourth-order valence-electron chi connectivity index (χ4n) is 3.69. The summed E-state index contributed by atoms with van der Waals surface area (Å²) < 4.78 is 0. The van der Waals surface area contributed by atoms with Crippen LogP contribution in [0.4, 0.5) is 4.79 Å². The topological polar surface area (TPSA) is 123 Å². The summed E-state index contributed by atoms with van der Waals surface area (Å²) in [7, 11) is 0. The molecule has 0 spiro atoms. The van der Waals surface area contributed by atoms with Gasteiger partial charge in [-0.1, -0.05) is 12.1 Å². The molecular formula is C21H20N4O4. The first-order valence-electron chi connectivity index (χ1n) is 8.98. The third-order valence-corrected chi connectivity index (χ3v) is 5.24. The molecule has 1 atom stereocenters. The number of nitrogens with zero attached hydrogens (tertiary/aromatic N) is 2. The SMILES string of the molecule is CC(=O)c1c(C)[nH]c(C(=O)CN2C(=O)N[C@](C)(c3ccc(C#N)cc3)C2=O)c1C. The van der Waals surface area contributed by atoms with Crippen molar-refractivity contribution < 1.29 is 19.2 Å². The number of amides is 3. The fourth-order valence-corrected chi connectivity index (χ4v) is 3.69. The van der Waals surface area contributed by atoms with Crippen molar-refractivity contribution in [3.63, 3.8) is 0 Å². The minimum Gasteiger partial charge on any atom is -0.355 e. The summed E-state index contributed by atoms with van der Waals surface area (Å²) in [5, 5.41) is 11.6. The van der Waals surface area contributed by atoms with Crippen LogP contribution in [0.15, 0.2) is 24.3 Å². The van der Waals surface area contributed by atoms with Crippen molar-refractivity contribution in [1.82, 2.24) is 15.2 Å². The minimum atomic E-state index is -1.34. The molecule has 29 heavy (non-hydrogen) atoms. The molecule has 1 aromatic heterocycles. The summed E-state index contributed by atoms with van der Waals surface area (Å²) in [6.07, 6.45) is 0. The Morgan fingerprint density at radius 1 is 1.17 bits per heavy atom. The Labute approximate surface area is 167 Å². The summed E-state index contributed by atoms with van der Waals surface area (Å²) in [6.45, 7) is 5.86. The second kappa shape index (κ2) is 7.02. The lowest BCUT2D eigenvalue weighted by atomic mass is 9.91. The molecule has 1 aliphatic rings. The van der Waals surface area contributed by atoms with E-state index in [1.54, 1.807) is 45.0 Å². The van der Waals surface area contributed by atoms with E-state index in [1.165, 1.54) is 6.92 Å². The number of carbonyl (C=O) groups is 4. The number of ketones is 2. The molecule has 0 unspecified atom stereocenters. The number of nitrogens with one attached hydrogen (secondary N) is 2. The van der Waals surface area contributed by atoms with Crippen LogP contribution < -0.4 is 5.32 Å². The first kappa shape index (κ1) is 20.0. The first-order valence-corrected chi connectivity index (χ1v) is 8.98. The number of carbonyl (C=O) groups excluding carboxylic acids is 4. The monoisotopic (exact) mass is 392 g/mol. The van der Waals surface area contributed by atoms with Crippen LogP contribution in [0.3, 0.4) is 0 Å². The van der Waals surface area contributed by atoms with Gasteiger partial charge >= 0.3 is 6.03 Å². The van der Waals surface area contributed by atoms with E-state index in [0.29, 0.717) is 27.9 Å². The molecule has 1 fully saturated rings. The lowest BCUT2D eigenvalue weighted by molar-refractivity contribution is -0.130. The lowest BCUT2D eigenvalue weighted by Crippen LogP contribution is -2.41. The number of aryl methyl sites for hydroxylation is 1. The van der Waals surface area contributed by atoms with E-state index in [0.717, 1.165) is 4.90 Å². The van der Waals surface area contributed by atoms with E-state index < -0.39 is 29.8 Å². The van der Waals surface area contributed by atoms with Gasteiger partial charge in [-0.15, -0.1) is 0 Å². The van der Waals surface area contributed by atoms with E-state index >= 15 is 0 Å². The van der Waals surface area contributed by atoms with Crippen LogP contribution in [-0.4, -0.2) is 39.9 Å². The zero-order chi connectivity index (χ0) is 21.5. The van der Waals surface area contributed by atoms with Crippen LogP contribution in [0.25, 0.3) is 0 Å². The van der Waals surface area contributed by atoms with E-state index in [1.807, 2.05) is 6.07 Å². The molecule has 148 valence electrons. The van der Waals surface area contributed by atoms with Crippen molar-refractivity contribution in [3.05, 3.63) is 57.9 Å². The van der Waals surface area contributed by atoms with Gasteiger partial charge in [0, 0.05) is 11.3 Å². The molecule has 0 bridgehead atoms. The van der Waals surface area contributed by atoms with Crippen molar-refractivity contribution in [2.24, 2.45) is 0 Å². The Balaban J connectivity index is 1.87. The van der Waals surface area contributed by atoms with Crippen LogP contribution in [0.2, 0.25) is 0 Å². The maximum absolute atomic E-state index is 13.0. The normalized spacial score (nSPS) is 18.5. The second-order valence-corrected chi connectivity index (χ2v) is 7.24. The van der Waals surface area contributed by atoms with Crippen molar-refractivity contribution in [3.8, 4) is 6.07 Å². The third-order valence-electron chi connectivity index (χ3n) is 5.24. The second-order valence-electron chi connectivity index (χ2n) is 7.24. The standard InChI is InChI=1S/C21H20N4O4/c1-11-17(13(3)26)12(2)23-18(11)16(27)10-25-19(28)21(4,24-20(25)29)15-7-5-14(9-22)6-8-15/h5-8,23H,10H2,1-4H3,(H,24,29)/t21-/m1/s1. The van der Waals surface area contributed by atoms with Gasteiger partial charge in [-0.2, -0.15) is 5.26 Å². The highest BCUT2D eigenvalue weighted by molar-refractivity contribution is 6.12. The number of hydrogen-bond donors (Lipinski definition) is 2. The Kier molecular flexibility index (Phi) is 4.84. The van der Waals surface area contributed by atoms with Gasteiger partial charge in [-0.25, -0.2) is 4.79 Å². The number of urea groups is 1. The molecule has 0 aliphatic carbocycles. The Bertz CT molecular complexity index is 1090. The molecule has 8 heteroatoms. The van der Waals surface area contributed by atoms with Gasteiger partial charge in [0.25, 0.3) is 5.91 Å². The number of aromatic amines is 1. The molecule has 8 nitrogen and oxygen atoms in total. The molecule has 2 N–H and O–H groups in total. The van der Waals surface area contributed by atoms with Gasteiger partial charge in [0.15, 0.2) is 11.6 Å². The molecule has 0 saturated carbocycles. The van der Waals surface area contributed by atoms with Gasteiger partial charge in [-0.3, -0.25) is 19.3 Å². The average molecular weight is 392 g/mol. The Hall–Kier alpha value is -3.73. The first-order chi connectivity index (χ1) is 13.6. The van der Waals surface area contributed by atoms with Crippen molar-refractivity contribution in [2.45, 2.75) is 33.2 Å². The highest BCUT2D eigenvalue weighted by atomic mass is 16.2. The molecule has 3 amide bonds. The number of hydrogen-bond acceptors (Lipinski definition) is 5. The van der Waals surface area contributed by atoms with Crippen molar-refractivity contribution in [1.29, 1.82) is 5.26 Å². The molecule has 2 aromatic rings. The summed E-state index contributed by atoms with van der Waals surface area (Å²) in [4.78, 5) is 53.8. The van der Waals surface area contributed by atoms with Gasteiger partial charge in [0.1, 0.15) is 5.54 Å². The number of imide groups is 1. The predicted molar refractivity (Wildman–Crippen MR) is 103 cm³/mol. The van der Waals surface area contributed by atoms with E-state index in [-0.39, 0.29) is 11.5 Å². The fraction of sp³-hybridized carbons (Fsp3) is 0.286. The smallest absolute Gasteiger partial charge is 0.325 e. The van der Waals surface area contributed by atoms with Crippen LogP contribution >= 0.6 is 0 Å². The number of rotatable bonds is 5. The van der Waals surface area contributed by atoms with Gasteiger partial charge in [0.05, 0.1) is 23.9 Å². The van der Waals surface area contributed by atoms with Crippen LogP contribution in [0.5, 0.6) is 0 Å². The maximum Gasteiger partial charge on any atom is 0.325 e. The van der Waals surface area contributed by atoms with E-state index in [9.17, 15) is 19.2 Å². The number of aromatic nitrogens is 1. The Morgan fingerprint density at radius 2 is 1.79 bits per heavy atom. The quantitative estimate of drug-likeness (QED) is 0.597.